The average Bonchev–Trinajstić information content (AvgIpc) is 2.88. The number of hydrogen-bond acceptors (Lipinski definition) is 7. The van der Waals surface area contributed by atoms with E-state index in [1.54, 1.807) is 0 Å². The van der Waals surface area contributed by atoms with Crippen LogP contribution >= 0.6 is 0 Å². The molecule has 0 radical (unpaired) electrons. The monoisotopic (exact) mass is 360 g/mol. The molecule has 0 amide bonds. The maximum absolute atomic E-state index is 12.7. The van der Waals surface area contributed by atoms with Crippen molar-refractivity contribution >= 4 is 29.1 Å². The summed E-state index contributed by atoms with van der Waals surface area (Å²) < 4.78 is 0. The van der Waals surface area contributed by atoms with Gasteiger partial charge >= 0.3 is 5.69 Å². The standard InChI is InChI=1S/C17H20N4O5/c1-16(2)12-6-7-17(16,3)15(22)11(12)9-18-19-13-5-4-10(20(23)24)8-14(13)21(25)26/h4-5,8-9,11-12,19H,6-7H2,1-3H3. The molecule has 1 N–H and O–H groups in total. The molecule has 3 rings (SSSR count). The molecule has 2 aliphatic rings. The van der Waals surface area contributed by atoms with Crippen LogP contribution in [0.1, 0.15) is 33.6 Å². The van der Waals surface area contributed by atoms with Crippen LogP contribution in [-0.4, -0.2) is 21.8 Å². The molecule has 138 valence electrons. The zero-order chi connectivity index (χ0) is 19.3. The first-order valence-electron chi connectivity index (χ1n) is 8.36. The van der Waals surface area contributed by atoms with Gasteiger partial charge in [0.25, 0.3) is 5.69 Å². The fourth-order valence-electron chi connectivity index (χ4n) is 4.39. The fourth-order valence-corrected chi connectivity index (χ4v) is 4.39. The first-order chi connectivity index (χ1) is 12.1. The van der Waals surface area contributed by atoms with E-state index in [1.807, 2.05) is 6.92 Å². The summed E-state index contributed by atoms with van der Waals surface area (Å²) >= 11 is 0. The first kappa shape index (κ1) is 18.0. The third-order valence-corrected chi connectivity index (χ3v) is 6.39. The van der Waals surface area contributed by atoms with Crippen LogP contribution < -0.4 is 5.43 Å². The van der Waals surface area contributed by atoms with E-state index in [0.717, 1.165) is 25.0 Å². The van der Waals surface area contributed by atoms with Gasteiger partial charge in [-0.2, -0.15) is 5.10 Å². The van der Waals surface area contributed by atoms with Crippen LogP contribution in [0.4, 0.5) is 17.1 Å². The molecule has 9 heteroatoms. The summed E-state index contributed by atoms with van der Waals surface area (Å²) in [7, 11) is 0. The summed E-state index contributed by atoms with van der Waals surface area (Å²) in [6.07, 6.45) is 3.34. The third kappa shape index (κ3) is 2.46. The van der Waals surface area contributed by atoms with Gasteiger partial charge in [-0.05, 0) is 30.2 Å². The Bertz CT molecular complexity index is 834. The maximum Gasteiger partial charge on any atom is 0.301 e. The van der Waals surface area contributed by atoms with Gasteiger partial charge in [0.1, 0.15) is 11.5 Å². The van der Waals surface area contributed by atoms with Crippen LogP contribution in [0.25, 0.3) is 0 Å². The molecule has 2 fully saturated rings. The molecule has 0 saturated heterocycles. The number of ketones is 1. The number of Topliss-reactive ketones (excluding diaryl/α,β-unsaturated/α-hetero) is 1. The number of nitrogens with one attached hydrogen (secondary N) is 1. The average molecular weight is 360 g/mol. The van der Waals surface area contributed by atoms with Gasteiger partial charge in [0.05, 0.1) is 21.8 Å². The van der Waals surface area contributed by atoms with Crippen LogP contribution in [-0.2, 0) is 4.79 Å². The van der Waals surface area contributed by atoms with Gasteiger partial charge in [-0.15, -0.1) is 0 Å². The van der Waals surface area contributed by atoms with E-state index < -0.39 is 15.5 Å². The number of anilines is 1. The molecule has 2 bridgehead atoms. The Morgan fingerprint density at radius 2 is 1.92 bits per heavy atom. The van der Waals surface area contributed by atoms with Gasteiger partial charge in [-0.25, -0.2) is 0 Å². The van der Waals surface area contributed by atoms with Gasteiger partial charge in [0.2, 0.25) is 0 Å². The van der Waals surface area contributed by atoms with Gasteiger partial charge in [-0.1, -0.05) is 20.8 Å². The highest BCUT2D eigenvalue weighted by molar-refractivity contribution is 6.02. The van der Waals surface area contributed by atoms with Crippen molar-refractivity contribution in [3.63, 3.8) is 0 Å². The quantitative estimate of drug-likeness (QED) is 0.486. The Labute approximate surface area is 149 Å². The minimum Gasteiger partial charge on any atom is -0.298 e. The second-order valence-electron chi connectivity index (χ2n) is 7.69. The predicted molar refractivity (Wildman–Crippen MR) is 95.0 cm³/mol. The smallest absolute Gasteiger partial charge is 0.298 e. The van der Waals surface area contributed by atoms with Crippen LogP contribution in [0.2, 0.25) is 0 Å². The molecule has 0 aromatic heterocycles. The van der Waals surface area contributed by atoms with E-state index in [-0.39, 0.29) is 39.8 Å². The Morgan fingerprint density at radius 1 is 1.23 bits per heavy atom. The largest absolute Gasteiger partial charge is 0.301 e. The van der Waals surface area contributed by atoms with Gasteiger partial charge in [-0.3, -0.25) is 30.4 Å². The molecule has 1 aromatic rings. The minimum absolute atomic E-state index is 0.0397. The van der Waals surface area contributed by atoms with Crippen molar-refractivity contribution < 1.29 is 14.6 Å². The molecule has 9 nitrogen and oxygen atoms in total. The highest BCUT2D eigenvalue weighted by atomic mass is 16.6. The summed E-state index contributed by atoms with van der Waals surface area (Å²) in [5, 5.41) is 25.9. The van der Waals surface area contributed by atoms with E-state index in [2.05, 4.69) is 24.4 Å². The number of rotatable bonds is 5. The lowest BCUT2D eigenvalue weighted by Crippen LogP contribution is -2.33. The Hall–Kier alpha value is -2.84. The van der Waals surface area contributed by atoms with E-state index in [4.69, 9.17) is 0 Å². The highest BCUT2D eigenvalue weighted by Gasteiger charge is 2.65. The molecule has 0 heterocycles. The van der Waals surface area contributed by atoms with Gasteiger partial charge in [0.15, 0.2) is 0 Å². The Kier molecular flexibility index (Phi) is 4.05. The number of benzene rings is 1. The van der Waals surface area contributed by atoms with Crippen molar-refractivity contribution in [3.8, 4) is 0 Å². The molecule has 2 aliphatic carbocycles. The topological polar surface area (TPSA) is 128 Å². The number of carbonyl (C=O) groups excluding carboxylic acids is 1. The van der Waals surface area contributed by atoms with Crippen molar-refractivity contribution in [2.45, 2.75) is 33.6 Å². The summed E-state index contributed by atoms with van der Waals surface area (Å²) in [5.74, 6) is 0.0215. The number of carbonyl (C=O) groups is 1. The molecule has 0 spiro atoms. The van der Waals surface area contributed by atoms with E-state index in [9.17, 15) is 25.0 Å². The second-order valence-corrected chi connectivity index (χ2v) is 7.69. The van der Waals surface area contributed by atoms with Crippen molar-refractivity contribution in [1.29, 1.82) is 0 Å². The number of non-ortho nitro benzene ring substituents is 1. The van der Waals surface area contributed by atoms with Crippen molar-refractivity contribution in [1.82, 2.24) is 0 Å². The zero-order valence-corrected chi connectivity index (χ0v) is 14.8. The number of fused-ring (bicyclic) bond motifs is 2. The minimum atomic E-state index is -0.711. The van der Waals surface area contributed by atoms with Crippen LogP contribution in [0.3, 0.4) is 0 Å². The Balaban J connectivity index is 1.81. The molecule has 26 heavy (non-hydrogen) atoms. The van der Waals surface area contributed by atoms with E-state index in [1.165, 1.54) is 12.3 Å². The van der Waals surface area contributed by atoms with E-state index >= 15 is 0 Å². The highest BCUT2D eigenvalue weighted by Crippen LogP contribution is 2.65. The summed E-state index contributed by atoms with van der Waals surface area (Å²) in [6, 6.07) is 3.28. The fraction of sp³-hybridized carbons (Fsp3) is 0.529. The molecule has 2 saturated carbocycles. The number of nitro groups is 2. The number of nitro benzene ring substituents is 2. The zero-order valence-electron chi connectivity index (χ0n) is 14.8. The van der Waals surface area contributed by atoms with Crippen molar-refractivity contribution in [2.75, 3.05) is 5.43 Å². The van der Waals surface area contributed by atoms with Crippen LogP contribution in [0.15, 0.2) is 23.3 Å². The summed E-state index contributed by atoms with van der Waals surface area (Å²) in [6.45, 7) is 6.20. The van der Waals surface area contributed by atoms with Crippen molar-refractivity contribution in [2.24, 2.45) is 27.8 Å². The van der Waals surface area contributed by atoms with Gasteiger partial charge in [0, 0.05) is 17.7 Å². The maximum atomic E-state index is 12.7. The van der Waals surface area contributed by atoms with Gasteiger partial charge < -0.3 is 0 Å². The molecule has 0 aliphatic heterocycles. The Morgan fingerprint density at radius 3 is 2.46 bits per heavy atom. The molecular formula is C17H20N4O5. The number of nitrogens with zero attached hydrogens (tertiary/aromatic N) is 3. The molecule has 1 aromatic carbocycles. The number of hydrazone groups is 1. The predicted octanol–water partition coefficient (Wildman–Crippen LogP) is 3.54. The molecule has 3 unspecified atom stereocenters. The molecule has 3 atom stereocenters. The second kappa shape index (κ2) is 5.86. The number of hydrogen-bond donors (Lipinski definition) is 1. The van der Waals surface area contributed by atoms with E-state index in [0.29, 0.717) is 0 Å². The normalized spacial score (nSPS) is 29.3. The lowest BCUT2D eigenvalue weighted by molar-refractivity contribution is -0.393. The third-order valence-electron chi connectivity index (χ3n) is 6.39. The summed E-state index contributed by atoms with van der Waals surface area (Å²) in [4.78, 5) is 33.2. The lowest BCUT2D eigenvalue weighted by Gasteiger charge is -2.32. The first-order valence-corrected chi connectivity index (χ1v) is 8.36. The SMILES string of the molecule is CC12CCC(C(C=NNc3ccc([N+](=O)[O-])cc3[N+](=O)[O-])C1=O)C2(C)C. The summed E-state index contributed by atoms with van der Waals surface area (Å²) in [5.41, 5.74) is 1.31. The van der Waals surface area contributed by atoms with Crippen LogP contribution in [0, 0.1) is 42.9 Å². The van der Waals surface area contributed by atoms with Crippen LogP contribution in [0.5, 0.6) is 0 Å². The van der Waals surface area contributed by atoms with Crippen molar-refractivity contribution in [3.05, 3.63) is 38.4 Å². The lowest BCUT2D eigenvalue weighted by atomic mass is 9.70. The molecular weight excluding hydrogens is 340 g/mol.